The molecule has 0 aromatic rings. The minimum Gasteiger partial charge on any atom is -0.425 e. The van der Waals surface area contributed by atoms with Crippen LogP contribution in [0.15, 0.2) is 22.8 Å². The van der Waals surface area contributed by atoms with Gasteiger partial charge in [0.2, 0.25) is 5.79 Å². The van der Waals surface area contributed by atoms with Crippen LogP contribution in [0.25, 0.3) is 0 Å². The van der Waals surface area contributed by atoms with E-state index in [0.717, 1.165) is 18.4 Å². The monoisotopic (exact) mass is 264 g/mol. The van der Waals surface area contributed by atoms with Gasteiger partial charge < -0.3 is 14.9 Å². The van der Waals surface area contributed by atoms with Gasteiger partial charge in [-0.05, 0) is 25.7 Å². The molecule has 0 bridgehead atoms. The Labute approximate surface area is 112 Å². The first-order chi connectivity index (χ1) is 8.80. The summed E-state index contributed by atoms with van der Waals surface area (Å²) in [7, 11) is 0. The fourth-order valence-corrected chi connectivity index (χ4v) is 3.85. The highest BCUT2D eigenvalue weighted by atomic mass is 16.7. The Kier molecular flexibility index (Phi) is 2.51. The minimum atomic E-state index is -1.64. The number of allylic oxidation sites excluding steroid dienone is 1. The van der Waals surface area contributed by atoms with Crippen LogP contribution in [0, 0.1) is 11.3 Å². The molecule has 1 aliphatic heterocycles. The summed E-state index contributed by atoms with van der Waals surface area (Å²) >= 11 is 0. The van der Waals surface area contributed by atoms with Crippen molar-refractivity contribution in [3.8, 4) is 0 Å². The lowest BCUT2D eigenvalue weighted by molar-refractivity contribution is -0.193. The van der Waals surface area contributed by atoms with Crippen molar-refractivity contribution >= 4 is 5.97 Å². The molecule has 19 heavy (non-hydrogen) atoms. The van der Waals surface area contributed by atoms with Gasteiger partial charge in [-0.3, -0.25) is 0 Å². The maximum absolute atomic E-state index is 11.7. The molecule has 2 aliphatic carbocycles. The number of hydrogen-bond donors (Lipinski definition) is 2. The Morgan fingerprint density at radius 2 is 2.16 bits per heavy atom. The van der Waals surface area contributed by atoms with Crippen molar-refractivity contribution in [1.29, 1.82) is 0 Å². The summed E-state index contributed by atoms with van der Waals surface area (Å²) in [6.45, 7) is 5.76. The molecule has 0 saturated heterocycles. The summed E-state index contributed by atoms with van der Waals surface area (Å²) in [5, 5.41) is 21.3. The molecule has 4 atom stereocenters. The second-order valence-electron chi connectivity index (χ2n) is 6.28. The Hall–Kier alpha value is -1.13. The summed E-state index contributed by atoms with van der Waals surface area (Å²) in [5.74, 6) is -1.85. The van der Waals surface area contributed by atoms with E-state index in [1.807, 2.05) is 6.92 Å². The van der Waals surface area contributed by atoms with E-state index in [1.54, 1.807) is 6.92 Å². The zero-order chi connectivity index (χ0) is 14.0. The quantitative estimate of drug-likeness (QED) is 0.516. The molecule has 104 valence electrons. The highest BCUT2D eigenvalue weighted by molar-refractivity contribution is 5.92. The third kappa shape index (κ3) is 1.44. The molecule has 0 aromatic heterocycles. The van der Waals surface area contributed by atoms with E-state index in [1.165, 1.54) is 0 Å². The van der Waals surface area contributed by atoms with Crippen molar-refractivity contribution in [2.75, 3.05) is 0 Å². The van der Waals surface area contributed by atoms with Gasteiger partial charge >= 0.3 is 5.97 Å². The molecular weight excluding hydrogens is 244 g/mol. The van der Waals surface area contributed by atoms with Crippen molar-refractivity contribution in [1.82, 2.24) is 0 Å². The highest BCUT2D eigenvalue weighted by Crippen LogP contribution is 2.57. The number of carbonyl (C=O) groups is 1. The molecule has 1 saturated carbocycles. The second-order valence-corrected chi connectivity index (χ2v) is 6.28. The van der Waals surface area contributed by atoms with Gasteiger partial charge in [-0.2, -0.15) is 0 Å². The topological polar surface area (TPSA) is 66.8 Å². The van der Waals surface area contributed by atoms with Crippen LogP contribution in [0.2, 0.25) is 0 Å². The molecule has 0 radical (unpaired) electrons. The highest BCUT2D eigenvalue weighted by Gasteiger charge is 2.60. The predicted octanol–water partition coefficient (Wildman–Crippen LogP) is 1.68. The molecule has 0 amide bonds. The van der Waals surface area contributed by atoms with Crippen LogP contribution in [-0.4, -0.2) is 28.1 Å². The molecule has 4 heteroatoms. The minimum absolute atomic E-state index is 0.281. The average Bonchev–Trinajstić information content (AvgIpc) is 2.55. The van der Waals surface area contributed by atoms with Gasteiger partial charge in [0.1, 0.15) is 0 Å². The fourth-order valence-electron chi connectivity index (χ4n) is 3.85. The Balaban J connectivity index is 2.17. The van der Waals surface area contributed by atoms with Crippen LogP contribution in [0.5, 0.6) is 0 Å². The SMILES string of the molecule is CC1=C2C(O)C3(C)C(=CCCC3C)CC2(O)OC1=O. The molecule has 3 aliphatic rings. The van der Waals surface area contributed by atoms with E-state index in [9.17, 15) is 15.0 Å². The zero-order valence-corrected chi connectivity index (χ0v) is 11.6. The van der Waals surface area contributed by atoms with Gasteiger partial charge in [0, 0.05) is 23.0 Å². The summed E-state index contributed by atoms with van der Waals surface area (Å²) in [6.07, 6.45) is 3.46. The molecule has 1 heterocycles. The molecule has 3 rings (SSSR count). The number of fused-ring (bicyclic) bond motifs is 2. The second kappa shape index (κ2) is 3.70. The van der Waals surface area contributed by atoms with Crippen LogP contribution < -0.4 is 0 Å². The number of hydrogen-bond acceptors (Lipinski definition) is 4. The average molecular weight is 264 g/mol. The van der Waals surface area contributed by atoms with E-state index in [2.05, 4.69) is 13.0 Å². The van der Waals surface area contributed by atoms with Crippen molar-refractivity contribution in [3.63, 3.8) is 0 Å². The third-order valence-corrected chi connectivity index (χ3v) is 5.37. The Morgan fingerprint density at radius 1 is 1.47 bits per heavy atom. The zero-order valence-electron chi connectivity index (χ0n) is 11.6. The molecule has 0 aromatic carbocycles. The fraction of sp³-hybridized carbons (Fsp3) is 0.667. The first-order valence-electron chi connectivity index (χ1n) is 6.85. The summed E-state index contributed by atoms with van der Waals surface area (Å²) in [5.41, 5.74) is 1.32. The van der Waals surface area contributed by atoms with Gasteiger partial charge in [-0.25, -0.2) is 4.79 Å². The summed E-state index contributed by atoms with van der Waals surface area (Å²) in [4.78, 5) is 11.7. The summed E-state index contributed by atoms with van der Waals surface area (Å²) < 4.78 is 5.11. The van der Waals surface area contributed by atoms with E-state index >= 15 is 0 Å². The molecule has 1 fully saturated rings. The van der Waals surface area contributed by atoms with Gasteiger partial charge in [-0.1, -0.05) is 25.5 Å². The van der Waals surface area contributed by atoms with E-state index in [-0.39, 0.29) is 6.42 Å². The van der Waals surface area contributed by atoms with Crippen LogP contribution in [0.1, 0.15) is 40.0 Å². The summed E-state index contributed by atoms with van der Waals surface area (Å²) in [6, 6.07) is 0. The van der Waals surface area contributed by atoms with Crippen LogP contribution in [0.3, 0.4) is 0 Å². The van der Waals surface area contributed by atoms with Gasteiger partial charge in [0.05, 0.1) is 6.10 Å². The van der Waals surface area contributed by atoms with Gasteiger partial charge in [0.25, 0.3) is 0 Å². The van der Waals surface area contributed by atoms with Crippen molar-refractivity contribution in [3.05, 3.63) is 22.8 Å². The third-order valence-electron chi connectivity index (χ3n) is 5.37. The number of rotatable bonds is 0. The number of aliphatic hydroxyl groups is 2. The molecular formula is C15H20O4. The lowest BCUT2D eigenvalue weighted by Gasteiger charge is -2.51. The van der Waals surface area contributed by atoms with Crippen molar-refractivity contribution in [2.45, 2.75) is 51.9 Å². The standard InChI is InChI=1S/C15H20O4/c1-8-5-4-6-10-7-15(18)11(9(2)13(17)19-15)12(16)14(8,10)3/h6,8,12,16,18H,4-5,7H2,1-3H3. The van der Waals surface area contributed by atoms with Crippen molar-refractivity contribution < 1.29 is 19.7 Å². The maximum Gasteiger partial charge on any atom is 0.336 e. The molecule has 4 unspecified atom stereocenters. The number of aliphatic hydroxyl groups excluding tert-OH is 1. The predicted molar refractivity (Wildman–Crippen MR) is 69.0 cm³/mol. The lowest BCUT2D eigenvalue weighted by Crippen LogP contribution is -2.54. The Morgan fingerprint density at radius 3 is 2.84 bits per heavy atom. The lowest BCUT2D eigenvalue weighted by atomic mass is 9.56. The van der Waals surface area contributed by atoms with Crippen LogP contribution in [0.4, 0.5) is 0 Å². The van der Waals surface area contributed by atoms with Crippen LogP contribution in [-0.2, 0) is 9.53 Å². The smallest absolute Gasteiger partial charge is 0.336 e. The largest absolute Gasteiger partial charge is 0.425 e. The first kappa shape index (κ1) is 12.9. The number of carbonyl (C=O) groups excluding carboxylic acids is 1. The normalized spacial score (nSPS) is 45.5. The van der Waals surface area contributed by atoms with E-state index < -0.39 is 23.3 Å². The van der Waals surface area contributed by atoms with Crippen LogP contribution >= 0.6 is 0 Å². The van der Waals surface area contributed by atoms with E-state index in [4.69, 9.17) is 4.74 Å². The van der Waals surface area contributed by atoms with Crippen molar-refractivity contribution in [2.24, 2.45) is 11.3 Å². The first-order valence-corrected chi connectivity index (χ1v) is 6.85. The number of esters is 1. The molecule has 4 nitrogen and oxygen atoms in total. The Bertz CT molecular complexity index is 518. The molecule has 2 N–H and O–H groups in total. The maximum atomic E-state index is 11.7. The van der Waals surface area contributed by atoms with Gasteiger partial charge in [0.15, 0.2) is 0 Å². The van der Waals surface area contributed by atoms with Gasteiger partial charge in [-0.15, -0.1) is 0 Å². The number of ether oxygens (including phenoxy) is 1. The van der Waals surface area contributed by atoms with E-state index in [0.29, 0.717) is 17.1 Å². The molecule has 0 spiro atoms.